The Kier molecular flexibility index (Phi) is 4.06. The average molecular weight is 287 g/mol. The van der Waals surface area contributed by atoms with Crippen molar-refractivity contribution in [3.8, 4) is 5.75 Å². The molecule has 1 aromatic carbocycles. The largest absolute Gasteiger partial charge is 0.497 e. The maximum Gasteiger partial charge on any atom is 0.244 e. The highest BCUT2D eigenvalue weighted by Gasteiger charge is 2.19. The molecule has 2 N–H and O–H groups in total. The van der Waals surface area contributed by atoms with Crippen molar-refractivity contribution in [1.82, 2.24) is 20.5 Å². The number of rotatable bonds is 4. The van der Waals surface area contributed by atoms with Crippen LogP contribution in [0, 0.1) is 0 Å². The van der Waals surface area contributed by atoms with Crippen molar-refractivity contribution in [2.75, 3.05) is 31.6 Å². The Morgan fingerprint density at radius 3 is 3.14 bits per heavy atom. The summed E-state index contributed by atoms with van der Waals surface area (Å²) in [6.45, 7) is 5.04. The quantitative estimate of drug-likeness (QED) is 0.884. The molecule has 2 heterocycles. The molecule has 0 amide bonds. The van der Waals surface area contributed by atoms with E-state index in [1.807, 2.05) is 18.2 Å². The maximum atomic E-state index is 5.24. The summed E-state index contributed by atoms with van der Waals surface area (Å²) in [6.07, 6.45) is 0.728. The number of hydrogen-bond donors (Lipinski definition) is 2. The summed E-state index contributed by atoms with van der Waals surface area (Å²) >= 11 is 0. The molecule has 1 aromatic heterocycles. The zero-order chi connectivity index (χ0) is 14.7. The lowest BCUT2D eigenvalue weighted by Gasteiger charge is -2.30. The maximum absolute atomic E-state index is 5.24. The van der Waals surface area contributed by atoms with Crippen LogP contribution in [0.1, 0.15) is 18.3 Å². The summed E-state index contributed by atoms with van der Waals surface area (Å²) in [6, 6.07) is 8.49. The molecule has 0 spiro atoms. The van der Waals surface area contributed by atoms with Crippen molar-refractivity contribution in [3.63, 3.8) is 0 Å². The third-order valence-electron chi connectivity index (χ3n) is 3.68. The molecule has 6 heteroatoms. The van der Waals surface area contributed by atoms with Crippen molar-refractivity contribution in [2.45, 2.75) is 19.4 Å². The second kappa shape index (κ2) is 6.13. The number of aromatic nitrogens is 3. The summed E-state index contributed by atoms with van der Waals surface area (Å²) in [5.41, 5.74) is 1.16. The van der Waals surface area contributed by atoms with Crippen molar-refractivity contribution in [3.05, 3.63) is 35.7 Å². The van der Waals surface area contributed by atoms with Gasteiger partial charge in [0.1, 0.15) is 11.6 Å². The van der Waals surface area contributed by atoms with Gasteiger partial charge in [-0.2, -0.15) is 4.98 Å². The number of piperazine rings is 1. The lowest BCUT2D eigenvalue weighted by Crippen LogP contribution is -2.49. The van der Waals surface area contributed by atoms with Gasteiger partial charge in [0.2, 0.25) is 5.95 Å². The van der Waals surface area contributed by atoms with E-state index in [9.17, 15) is 0 Å². The van der Waals surface area contributed by atoms with Gasteiger partial charge in [-0.1, -0.05) is 12.1 Å². The molecule has 3 rings (SSSR count). The Hall–Kier alpha value is -2.08. The van der Waals surface area contributed by atoms with Crippen LogP contribution in [0.4, 0.5) is 5.95 Å². The van der Waals surface area contributed by atoms with Gasteiger partial charge in [-0.15, -0.1) is 5.10 Å². The molecule has 1 aliphatic heterocycles. The predicted molar refractivity (Wildman–Crippen MR) is 81.9 cm³/mol. The predicted octanol–water partition coefficient (Wildman–Crippen LogP) is 1.20. The Bertz CT molecular complexity index is 597. The fourth-order valence-electron chi connectivity index (χ4n) is 2.60. The lowest BCUT2D eigenvalue weighted by molar-refractivity contribution is 0.414. The number of ether oxygens (including phenoxy) is 1. The third kappa shape index (κ3) is 3.33. The molecule has 1 aliphatic rings. The van der Waals surface area contributed by atoms with Crippen LogP contribution >= 0.6 is 0 Å². The highest BCUT2D eigenvalue weighted by Crippen LogP contribution is 2.16. The van der Waals surface area contributed by atoms with Crippen LogP contribution in [0.2, 0.25) is 0 Å². The second-order valence-corrected chi connectivity index (χ2v) is 5.41. The Morgan fingerprint density at radius 1 is 1.43 bits per heavy atom. The molecule has 2 aromatic rings. The van der Waals surface area contributed by atoms with Crippen LogP contribution in [-0.2, 0) is 6.42 Å². The zero-order valence-corrected chi connectivity index (χ0v) is 12.5. The first kappa shape index (κ1) is 13.9. The van der Waals surface area contributed by atoms with E-state index in [1.165, 1.54) is 0 Å². The van der Waals surface area contributed by atoms with Gasteiger partial charge in [-0.25, -0.2) is 0 Å². The second-order valence-electron chi connectivity index (χ2n) is 5.41. The van der Waals surface area contributed by atoms with Gasteiger partial charge < -0.3 is 15.0 Å². The Balaban J connectivity index is 1.69. The van der Waals surface area contributed by atoms with E-state index in [0.29, 0.717) is 6.04 Å². The molecule has 21 heavy (non-hydrogen) atoms. The molecule has 0 saturated carbocycles. The smallest absolute Gasteiger partial charge is 0.244 e. The standard InChI is InChI=1S/C15H21N5O/c1-11-10-20(7-6-16-11)15-17-14(18-19-15)9-12-4-3-5-13(8-12)21-2/h3-5,8,11,16H,6-7,9-10H2,1-2H3,(H,17,18,19)/t11-/m0/s1. The van der Waals surface area contributed by atoms with Crippen LogP contribution in [0.5, 0.6) is 5.75 Å². The van der Waals surface area contributed by atoms with Gasteiger partial charge in [-0.3, -0.25) is 5.10 Å². The summed E-state index contributed by atoms with van der Waals surface area (Å²) in [5, 5.41) is 10.8. The van der Waals surface area contributed by atoms with Crippen LogP contribution in [0.3, 0.4) is 0 Å². The number of aromatic amines is 1. The summed E-state index contributed by atoms with van der Waals surface area (Å²) in [5.74, 6) is 2.54. The number of nitrogens with one attached hydrogen (secondary N) is 2. The minimum Gasteiger partial charge on any atom is -0.497 e. The van der Waals surface area contributed by atoms with Crippen molar-refractivity contribution >= 4 is 5.95 Å². The first-order valence-electron chi connectivity index (χ1n) is 7.27. The van der Waals surface area contributed by atoms with E-state index < -0.39 is 0 Å². The Labute approximate surface area is 124 Å². The van der Waals surface area contributed by atoms with Crippen LogP contribution in [0.15, 0.2) is 24.3 Å². The monoisotopic (exact) mass is 287 g/mol. The SMILES string of the molecule is COc1cccc(Cc2nc(N3CCN[C@@H](C)C3)n[nH]2)c1. The number of methoxy groups -OCH3 is 1. The number of benzene rings is 1. The number of nitrogens with zero attached hydrogens (tertiary/aromatic N) is 3. The summed E-state index contributed by atoms with van der Waals surface area (Å²) < 4.78 is 5.24. The highest BCUT2D eigenvalue weighted by atomic mass is 16.5. The molecule has 1 fully saturated rings. The van der Waals surface area contributed by atoms with Crippen LogP contribution in [-0.4, -0.2) is 48.0 Å². The molecule has 6 nitrogen and oxygen atoms in total. The number of H-pyrrole nitrogens is 1. The van der Waals surface area contributed by atoms with Crippen LogP contribution < -0.4 is 15.0 Å². The Morgan fingerprint density at radius 2 is 2.33 bits per heavy atom. The molecule has 0 bridgehead atoms. The van der Waals surface area contributed by atoms with E-state index in [4.69, 9.17) is 4.74 Å². The molecule has 1 saturated heterocycles. The summed E-state index contributed by atoms with van der Waals surface area (Å²) in [7, 11) is 1.68. The number of anilines is 1. The zero-order valence-electron chi connectivity index (χ0n) is 12.5. The minimum atomic E-state index is 0.471. The van der Waals surface area contributed by atoms with E-state index >= 15 is 0 Å². The molecular formula is C15H21N5O. The molecule has 0 aliphatic carbocycles. The fraction of sp³-hybridized carbons (Fsp3) is 0.467. The average Bonchev–Trinajstić information content (AvgIpc) is 2.96. The lowest BCUT2D eigenvalue weighted by atomic mass is 10.1. The first-order valence-corrected chi connectivity index (χ1v) is 7.27. The van der Waals surface area contributed by atoms with Crippen molar-refractivity contribution < 1.29 is 4.74 Å². The van der Waals surface area contributed by atoms with Crippen molar-refractivity contribution in [1.29, 1.82) is 0 Å². The van der Waals surface area contributed by atoms with Crippen molar-refractivity contribution in [2.24, 2.45) is 0 Å². The number of hydrogen-bond acceptors (Lipinski definition) is 5. The fourth-order valence-corrected chi connectivity index (χ4v) is 2.60. The van der Waals surface area contributed by atoms with Gasteiger partial charge in [-0.05, 0) is 24.6 Å². The van der Waals surface area contributed by atoms with E-state index in [0.717, 1.165) is 49.1 Å². The molecule has 0 radical (unpaired) electrons. The van der Waals surface area contributed by atoms with E-state index in [1.54, 1.807) is 7.11 Å². The molecule has 112 valence electrons. The van der Waals surface area contributed by atoms with Gasteiger partial charge in [0.25, 0.3) is 0 Å². The molecular weight excluding hydrogens is 266 g/mol. The third-order valence-corrected chi connectivity index (χ3v) is 3.68. The van der Waals surface area contributed by atoms with Crippen LogP contribution in [0.25, 0.3) is 0 Å². The van der Waals surface area contributed by atoms with Gasteiger partial charge in [0, 0.05) is 32.1 Å². The van der Waals surface area contributed by atoms with Gasteiger partial charge >= 0.3 is 0 Å². The minimum absolute atomic E-state index is 0.471. The first-order chi connectivity index (χ1) is 10.2. The van der Waals surface area contributed by atoms with Gasteiger partial charge in [0.05, 0.1) is 7.11 Å². The van der Waals surface area contributed by atoms with E-state index in [-0.39, 0.29) is 0 Å². The molecule has 1 atom stereocenters. The summed E-state index contributed by atoms with van der Waals surface area (Å²) in [4.78, 5) is 6.82. The molecule has 0 unspecified atom stereocenters. The van der Waals surface area contributed by atoms with Gasteiger partial charge in [0.15, 0.2) is 0 Å². The van der Waals surface area contributed by atoms with E-state index in [2.05, 4.69) is 38.4 Å². The topological polar surface area (TPSA) is 66.1 Å². The highest BCUT2D eigenvalue weighted by molar-refractivity contribution is 5.33. The normalized spacial score (nSPS) is 18.8.